The first-order valence-corrected chi connectivity index (χ1v) is 3.37. The molecular formula is C6H14N4O. The summed E-state index contributed by atoms with van der Waals surface area (Å²) in [7, 11) is 1.55. The Labute approximate surface area is 66.1 Å². The third-order valence-corrected chi connectivity index (χ3v) is 0.959. The van der Waals surface area contributed by atoms with Crippen LogP contribution < -0.4 is 16.4 Å². The van der Waals surface area contributed by atoms with Crippen LogP contribution in [0.1, 0.15) is 6.92 Å². The van der Waals surface area contributed by atoms with Crippen LogP contribution in [0.2, 0.25) is 0 Å². The maximum atomic E-state index is 10.5. The minimum absolute atomic E-state index is 0.100. The SMILES string of the molecule is CNC(=O)C=NCNC(C)N. The van der Waals surface area contributed by atoms with Gasteiger partial charge in [0.2, 0.25) is 0 Å². The second-order valence-corrected chi connectivity index (χ2v) is 2.08. The summed E-state index contributed by atoms with van der Waals surface area (Å²) in [5.74, 6) is -0.212. The van der Waals surface area contributed by atoms with E-state index in [0.717, 1.165) is 0 Å². The summed E-state index contributed by atoms with van der Waals surface area (Å²) < 4.78 is 0. The fraction of sp³-hybridized carbons (Fsp3) is 0.667. The van der Waals surface area contributed by atoms with Gasteiger partial charge in [0.15, 0.2) is 0 Å². The van der Waals surface area contributed by atoms with Crippen LogP contribution in [0.3, 0.4) is 0 Å². The molecule has 1 amide bonds. The van der Waals surface area contributed by atoms with Gasteiger partial charge < -0.3 is 11.1 Å². The second-order valence-electron chi connectivity index (χ2n) is 2.08. The van der Waals surface area contributed by atoms with Crippen molar-refractivity contribution in [1.29, 1.82) is 0 Å². The zero-order valence-corrected chi connectivity index (χ0v) is 6.79. The molecule has 0 aliphatic heterocycles. The van der Waals surface area contributed by atoms with E-state index in [9.17, 15) is 4.79 Å². The molecule has 0 spiro atoms. The van der Waals surface area contributed by atoms with Crippen LogP contribution in [0, 0.1) is 0 Å². The highest BCUT2D eigenvalue weighted by Crippen LogP contribution is 1.67. The molecule has 0 rings (SSSR count). The molecule has 0 saturated heterocycles. The van der Waals surface area contributed by atoms with E-state index in [2.05, 4.69) is 15.6 Å². The summed E-state index contributed by atoms with van der Waals surface area (Å²) >= 11 is 0. The summed E-state index contributed by atoms with van der Waals surface area (Å²) in [5.41, 5.74) is 5.36. The molecule has 0 aromatic carbocycles. The standard InChI is InChI=1S/C6H14N4O/c1-5(7)10-4-9-3-6(11)8-2/h3,5,10H,4,7H2,1-2H3,(H,8,11). The lowest BCUT2D eigenvalue weighted by Gasteiger charge is -2.02. The van der Waals surface area contributed by atoms with Crippen molar-refractivity contribution < 1.29 is 4.79 Å². The molecule has 0 fully saturated rings. The van der Waals surface area contributed by atoms with Crippen molar-refractivity contribution in [3.63, 3.8) is 0 Å². The average Bonchev–Trinajstić information content (AvgIpc) is 1.97. The predicted molar refractivity (Wildman–Crippen MR) is 44.2 cm³/mol. The number of carbonyl (C=O) groups is 1. The molecule has 0 aromatic rings. The van der Waals surface area contributed by atoms with Gasteiger partial charge in [-0.05, 0) is 6.92 Å². The lowest BCUT2D eigenvalue weighted by atomic mass is 10.6. The molecule has 64 valence electrons. The minimum Gasteiger partial charge on any atom is -0.354 e. The Hall–Kier alpha value is -0.940. The highest BCUT2D eigenvalue weighted by Gasteiger charge is 1.89. The van der Waals surface area contributed by atoms with Gasteiger partial charge in [0.05, 0.1) is 19.0 Å². The Morgan fingerprint density at radius 3 is 2.91 bits per heavy atom. The number of rotatable bonds is 4. The first kappa shape index (κ1) is 10.1. The van der Waals surface area contributed by atoms with E-state index in [4.69, 9.17) is 5.73 Å². The molecule has 0 aliphatic carbocycles. The maximum absolute atomic E-state index is 10.5. The van der Waals surface area contributed by atoms with Gasteiger partial charge in [0.1, 0.15) is 0 Å². The van der Waals surface area contributed by atoms with E-state index in [1.165, 1.54) is 6.21 Å². The number of hydrogen-bond acceptors (Lipinski definition) is 4. The molecule has 11 heavy (non-hydrogen) atoms. The van der Waals surface area contributed by atoms with Crippen LogP contribution >= 0.6 is 0 Å². The number of carbonyl (C=O) groups excluding carboxylic acids is 1. The Balaban J connectivity index is 3.37. The highest BCUT2D eigenvalue weighted by atomic mass is 16.1. The quantitative estimate of drug-likeness (QED) is 0.350. The molecule has 0 heterocycles. The summed E-state index contributed by atoms with van der Waals surface area (Å²) in [6, 6.07) is 0. The Bertz CT molecular complexity index is 144. The number of nitrogens with one attached hydrogen (secondary N) is 2. The zero-order valence-electron chi connectivity index (χ0n) is 6.79. The molecule has 5 nitrogen and oxygen atoms in total. The minimum atomic E-state index is -0.212. The van der Waals surface area contributed by atoms with Crippen molar-refractivity contribution >= 4 is 12.1 Å². The van der Waals surface area contributed by atoms with E-state index in [0.29, 0.717) is 6.67 Å². The van der Waals surface area contributed by atoms with Gasteiger partial charge in [-0.15, -0.1) is 0 Å². The number of nitrogens with two attached hydrogens (primary N) is 1. The summed E-state index contributed by atoms with van der Waals surface area (Å²) in [6.07, 6.45) is 1.12. The van der Waals surface area contributed by atoms with Gasteiger partial charge >= 0.3 is 0 Å². The molecule has 0 aromatic heterocycles. The molecule has 1 unspecified atom stereocenters. The smallest absolute Gasteiger partial charge is 0.261 e. The average molecular weight is 158 g/mol. The third-order valence-electron chi connectivity index (χ3n) is 0.959. The fourth-order valence-electron chi connectivity index (χ4n) is 0.390. The van der Waals surface area contributed by atoms with Gasteiger partial charge in [-0.1, -0.05) is 0 Å². The van der Waals surface area contributed by atoms with E-state index < -0.39 is 0 Å². The largest absolute Gasteiger partial charge is 0.354 e. The van der Waals surface area contributed by atoms with E-state index in [1.54, 1.807) is 14.0 Å². The molecule has 0 bridgehead atoms. The van der Waals surface area contributed by atoms with Crippen molar-refractivity contribution in [2.75, 3.05) is 13.7 Å². The van der Waals surface area contributed by atoms with E-state index in [1.807, 2.05) is 0 Å². The van der Waals surface area contributed by atoms with Crippen molar-refractivity contribution in [2.24, 2.45) is 10.7 Å². The van der Waals surface area contributed by atoms with Crippen LogP contribution in [0.5, 0.6) is 0 Å². The number of hydrogen-bond donors (Lipinski definition) is 3. The topological polar surface area (TPSA) is 79.5 Å². The van der Waals surface area contributed by atoms with Crippen molar-refractivity contribution in [3.8, 4) is 0 Å². The van der Waals surface area contributed by atoms with Crippen LogP contribution in [-0.4, -0.2) is 32.0 Å². The number of amides is 1. The first-order chi connectivity index (χ1) is 5.16. The molecule has 0 radical (unpaired) electrons. The lowest BCUT2D eigenvalue weighted by Crippen LogP contribution is -2.34. The van der Waals surface area contributed by atoms with Crippen LogP contribution in [-0.2, 0) is 4.79 Å². The van der Waals surface area contributed by atoms with Crippen molar-refractivity contribution in [1.82, 2.24) is 10.6 Å². The highest BCUT2D eigenvalue weighted by molar-refractivity contribution is 6.26. The van der Waals surface area contributed by atoms with Crippen molar-refractivity contribution in [2.45, 2.75) is 13.1 Å². The Morgan fingerprint density at radius 1 is 1.82 bits per heavy atom. The van der Waals surface area contributed by atoms with Gasteiger partial charge in [-0.2, -0.15) is 0 Å². The summed E-state index contributed by atoms with van der Waals surface area (Å²) in [5, 5.41) is 5.23. The summed E-state index contributed by atoms with van der Waals surface area (Å²) in [4.78, 5) is 14.3. The maximum Gasteiger partial charge on any atom is 0.261 e. The predicted octanol–water partition coefficient (Wildman–Crippen LogP) is -1.34. The normalized spacial score (nSPS) is 13.4. The van der Waals surface area contributed by atoms with Gasteiger partial charge in [-0.25, -0.2) is 0 Å². The molecule has 0 saturated carbocycles. The third kappa shape index (κ3) is 6.95. The number of aliphatic imine (C=N–C) groups is 1. The Kier molecular flexibility index (Phi) is 5.32. The first-order valence-electron chi connectivity index (χ1n) is 3.37. The van der Waals surface area contributed by atoms with Gasteiger partial charge in [0.25, 0.3) is 5.91 Å². The molecular weight excluding hydrogens is 144 g/mol. The Morgan fingerprint density at radius 2 is 2.45 bits per heavy atom. The van der Waals surface area contributed by atoms with Crippen LogP contribution in [0.4, 0.5) is 0 Å². The second kappa shape index (κ2) is 5.82. The van der Waals surface area contributed by atoms with E-state index in [-0.39, 0.29) is 12.1 Å². The molecule has 4 N–H and O–H groups in total. The summed E-state index contributed by atoms with van der Waals surface area (Å²) in [6.45, 7) is 2.17. The number of nitrogens with zero attached hydrogens (tertiary/aromatic N) is 1. The lowest BCUT2D eigenvalue weighted by molar-refractivity contribution is -0.113. The molecule has 5 heteroatoms. The van der Waals surface area contributed by atoms with Crippen molar-refractivity contribution in [3.05, 3.63) is 0 Å². The zero-order chi connectivity index (χ0) is 8.69. The van der Waals surface area contributed by atoms with Gasteiger partial charge in [-0.3, -0.25) is 15.1 Å². The molecule has 1 atom stereocenters. The fourth-order valence-corrected chi connectivity index (χ4v) is 0.390. The molecule has 0 aliphatic rings. The monoisotopic (exact) mass is 158 g/mol. The van der Waals surface area contributed by atoms with Crippen LogP contribution in [0.25, 0.3) is 0 Å². The van der Waals surface area contributed by atoms with Crippen LogP contribution in [0.15, 0.2) is 4.99 Å². The van der Waals surface area contributed by atoms with E-state index >= 15 is 0 Å². The van der Waals surface area contributed by atoms with Gasteiger partial charge in [0, 0.05) is 7.05 Å².